The van der Waals surface area contributed by atoms with Gasteiger partial charge < -0.3 is 4.74 Å². The number of carbonyl (C=O) groups excluding carboxylic acids is 1. The quantitative estimate of drug-likeness (QED) is 0.185. The van der Waals surface area contributed by atoms with Crippen LogP contribution in [-0.2, 0) is 16.1 Å². The number of benzene rings is 2. The standard InChI is InChI=1S/C24H18N4O4/c29-23(32-17-18-6-4-10-22(14-18)28(30)31)12-11-20-16-27(21-8-2-1-3-9-21)26-24(20)19-7-5-13-25-15-19/h1-16H,17H2/b12-11+. The molecule has 32 heavy (non-hydrogen) atoms. The lowest BCUT2D eigenvalue weighted by molar-refractivity contribution is -0.384. The van der Waals surface area contributed by atoms with Crippen LogP contribution in [-0.4, -0.2) is 25.7 Å². The van der Waals surface area contributed by atoms with Crippen molar-refractivity contribution in [2.75, 3.05) is 0 Å². The van der Waals surface area contributed by atoms with Crippen molar-refractivity contribution in [3.63, 3.8) is 0 Å². The predicted molar refractivity (Wildman–Crippen MR) is 119 cm³/mol. The van der Waals surface area contributed by atoms with Crippen molar-refractivity contribution < 1.29 is 14.5 Å². The van der Waals surface area contributed by atoms with Gasteiger partial charge in [0.15, 0.2) is 0 Å². The van der Waals surface area contributed by atoms with Gasteiger partial charge in [0, 0.05) is 47.9 Å². The third-order valence-corrected chi connectivity index (χ3v) is 4.60. The summed E-state index contributed by atoms with van der Waals surface area (Å²) in [7, 11) is 0. The van der Waals surface area contributed by atoms with Gasteiger partial charge in [0.1, 0.15) is 12.3 Å². The third-order valence-electron chi connectivity index (χ3n) is 4.60. The molecule has 0 saturated heterocycles. The Hall–Kier alpha value is -4.59. The first kappa shape index (κ1) is 20.7. The molecule has 0 amide bonds. The molecule has 0 aliphatic rings. The first-order valence-electron chi connectivity index (χ1n) is 9.74. The molecule has 4 rings (SSSR count). The largest absolute Gasteiger partial charge is 0.458 e. The zero-order chi connectivity index (χ0) is 22.3. The Labute approximate surface area is 183 Å². The minimum Gasteiger partial charge on any atom is -0.458 e. The summed E-state index contributed by atoms with van der Waals surface area (Å²) in [5.74, 6) is -0.568. The number of para-hydroxylation sites is 1. The third kappa shape index (κ3) is 4.93. The monoisotopic (exact) mass is 426 g/mol. The topological polar surface area (TPSA) is 100 Å². The van der Waals surface area contributed by atoms with E-state index in [1.807, 2.05) is 48.7 Å². The molecule has 0 aliphatic heterocycles. The second-order valence-electron chi connectivity index (χ2n) is 6.82. The molecule has 0 radical (unpaired) electrons. The lowest BCUT2D eigenvalue weighted by Gasteiger charge is -2.02. The van der Waals surface area contributed by atoms with E-state index in [1.165, 1.54) is 18.2 Å². The summed E-state index contributed by atoms with van der Waals surface area (Å²) in [6, 6.07) is 19.3. The number of rotatable bonds is 7. The number of hydrogen-bond donors (Lipinski definition) is 0. The van der Waals surface area contributed by atoms with Crippen molar-refractivity contribution in [3.05, 3.63) is 113 Å². The lowest BCUT2D eigenvalue weighted by Crippen LogP contribution is -2.01. The van der Waals surface area contributed by atoms with E-state index in [1.54, 1.807) is 35.3 Å². The fraction of sp³-hybridized carbons (Fsp3) is 0.0417. The van der Waals surface area contributed by atoms with E-state index in [0.29, 0.717) is 16.8 Å². The Morgan fingerprint density at radius 1 is 1.09 bits per heavy atom. The second-order valence-corrected chi connectivity index (χ2v) is 6.82. The zero-order valence-electron chi connectivity index (χ0n) is 16.9. The van der Waals surface area contributed by atoms with Crippen LogP contribution < -0.4 is 0 Å². The summed E-state index contributed by atoms with van der Waals surface area (Å²) in [6.07, 6.45) is 8.14. The van der Waals surface area contributed by atoms with Crippen LogP contribution in [0.3, 0.4) is 0 Å². The molecule has 0 bridgehead atoms. The molecule has 2 aromatic carbocycles. The Bertz CT molecular complexity index is 1270. The number of esters is 1. The summed E-state index contributed by atoms with van der Waals surface area (Å²) in [5, 5.41) is 15.5. The first-order valence-corrected chi connectivity index (χ1v) is 9.74. The van der Waals surface area contributed by atoms with Crippen molar-refractivity contribution in [1.82, 2.24) is 14.8 Å². The minimum atomic E-state index is -0.568. The average molecular weight is 426 g/mol. The number of aromatic nitrogens is 3. The molecule has 0 saturated carbocycles. The summed E-state index contributed by atoms with van der Waals surface area (Å²) in [4.78, 5) is 26.8. The number of hydrogen-bond acceptors (Lipinski definition) is 6. The van der Waals surface area contributed by atoms with Gasteiger partial charge in [0.05, 0.1) is 10.6 Å². The Morgan fingerprint density at radius 2 is 1.94 bits per heavy atom. The van der Waals surface area contributed by atoms with Gasteiger partial charge in [-0.05, 0) is 35.9 Å². The second kappa shape index (κ2) is 9.48. The molecule has 8 nitrogen and oxygen atoms in total. The Morgan fingerprint density at radius 3 is 2.69 bits per heavy atom. The maximum Gasteiger partial charge on any atom is 0.331 e. The Kier molecular flexibility index (Phi) is 6.12. The van der Waals surface area contributed by atoms with Crippen LogP contribution in [0, 0.1) is 10.1 Å². The maximum absolute atomic E-state index is 12.3. The van der Waals surface area contributed by atoms with Crippen LogP contribution >= 0.6 is 0 Å². The normalized spacial score (nSPS) is 10.9. The van der Waals surface area contributed by atoms with E-state index in [9.17, 15) is 14.9 Å². The van der Waals surface area contributed by atoms with E-state index >= 15 is 0 Å². The van der Waals surface area contributed by atoms with Crippen LogP contribution in [0.15, 0.2) is 91.4 Å². The number of nitro groups is 1. The van der Waals surface area contributed by atoms with Crippen molar-refractivity contribution in [2.24, 2.45) is 0 Å². The van der Waals surface area contributed by atoms with Crippen molar-refractivity contribution in [2.45, 2.75) is 6.61 Å². The highest BCUT2D eigenvalue weighted by Crippen LogP contribution is 2.24. The van der Waals surface area contributed by atoms with E-state index in [-0.39, 0.29) is 12.3 Å². The molecule has 0 N–H and O–H groups in total. The zero-order valence-corrected chi connectivity index (χ0v) is 16.9. The van der Waals surface area contributed by atoms with Crippen molar-refractivity contribution in [3.8, 4) is 16.9 Å². The molecule has 0 aliphatic carbocycles. The van der Waals surface area contributed by atoms with Crippen LogP contribution in [0.1, 0.15) is 11.1 Å². The SMILES string of the molecule is O=C(/C=C/c1cn(-c2ccccc2)nc1-c1cccnc1)OCc1cccc([N+](=O)[O-])c1. The van der Waals surface area contributed by atoms with E-state index in [4.69, 9.17) is 4.74 Å². The summed E-state index contributed by atoms with van der Waals surface area (Å²) in [5.41, 5.74) is 3.56. The lowest BCUT2D eigenvalue weighted by atomic mass is 10.1. The molecule has 4 aromatic rings. The van der Waals surface area contributed by atoms with Crippen LogP contribution in [0.4, 0.5) is 5.69 Å². The number of non-ortho nitro benzene ring substituents is 1. The minimum absolute atomic E-state index is 0.0523. The van der Waals surface area contributed by atoms with Crippen LogP contribution in [0.2, 0.25) is 0 Å². The van der Waals surface area contributed by atoms with Gasteiger partial charge >= 0.3 is 5.97 Å². The molecule has 0 fully saturated rings. The maximum atomic E-state index is 12.3. The number of pyridine rings is 1. The molecule has 0 spiro atoms. The van der Waals surface area contributed by atoms with Gasteiger partial charge in [-0.2, -0.15) is 5.10 Å². The summed E-state index contributed by atoms with van der Waals surface area (Å²) in [6.45, 7) is -0.0659. The number of carbonyl (C=O) groups is 1. The fourth-order valence-corrected chi connectivity index (χ4v) is 3.07. The van der Waals surface area contributed by atoms with Crippen LogP contribution in [0.25, 0.3) is 23.0 Å². The Balaban J connectivity index is 1.53. The highest BCUT2D eigenvalue weighted by molar-refractivity contribution is 5.88. The van der Waals surface area contributed by atoms with Gasteiger partial charge in [-0.3, -0.25) is 15.1 Å². The first-order chi connectivity index (χ1) is 15.6. The highest BCUT2D eigenvalue weighted by atomic mass is 16.6. The molecular weight excluding hydrogens is 408 g/mol. The van der Waals surface area contributed by atoms with Gasteiger partial charge in [-0.1, -0.05) is 30.3 Å². The molecule has 2 aromatic heterocycles. The van der Waals surface area contributed by atoms with Gasteiger partial charge in [0.25, 0.3) is 5.69 Å². The molecule has 0 atom stereocenters. The smallest absolute Gasteiger partial charge is 0.331 e. The molecule has 0 unspecified atom stereocenters. The summed E-state index contributed by atoms with van der Waals surface area (Å²) >= 11 is 0. The number of nitro benzene ring substituents is 1. The fourth-order valence-electron chi connectivity index (χ4n) is 3.07. The summed E-state index contributed by atoms with van der Waals surface area (Å²) < 4.78 is 6.97. The number of ether oxygens (including phenoxy) is 1. The molecule has 2 heterocycles. The average Bonchev–Trinajstić information content (AvgIpc) is 3.27. The van der Waals surface area contributed by atoms with E-state index < -0.39 is 10.9 Å². The molecule has 158 valence electrons. The highest BCUT2D eigenvalue weighted by Gasteiger charge is 2.12. The van der Waals surface area contributed by atoms with Gasteiger partial charge in [-0.15, -0.1) is 0 Å². The number of nitrogens with zero attached hydrogens (tertiary/aromatic N) is 4. The molecular formula is C24H18N4O4. The van der Waals surface area contributed by atoms with E-state index in [0.717, 1.165) is 11.3 Å². The van der Waals surface area contributed by atoms with Crippen LogP contribution in [0.5, 0.6) is 0 Å². The van der Waals surface area contributed by atoms with Gasteiger partial charge in [0.2, 0.25) is 0 Å². The van der Waals surface area contributed by atoms with E-state index in [2.05, 4.69) is 10.1 Å². The van der Waals surface area contributed by atoms with Crippen molar-refractivity contribution in [1.29, 1.82) is 0 Å². The van der Waals surface area contributed by atoms with Crippen molar-refractivity contribution >= 4 is 17.7 Å². The molecule has 8 heteroatoms. The van der Waals surface area contributed by atoms with Gasteiger partial charge in [-0.25, -0.2) is 9.48 Å². The predicted octanol–water partition coefficient (Wildman–Crippen LogP) is 4.60.